The fourth-order valence-electron chi connectivity index (χ4n) is 3.45. The number of esters is 1. The van der Waals surface area contributed by atoms with E-state index in [-0.39, 0.29) is 5.97 Å². The van der Waals surface area contributed by atoms with Crippen molar-refractivity contribution in [1.82, 2.24) is 4.57 Å². The molecule has 2 aromatic carbocycles. The number of hydrogen-bond donors (Lipinski definition) is 0. The molecule has 4 heteroatoms. The smallest absolute Gasteiger partial charge is 0.337 e. The second kappa shape index (κ2) is 8.26. The number of para-hydroxylation sites is 1. The van der Waals surface area contributed by atoms with Crippen molar-refractivity contribution >= 4 is 17.9 Å². The van der Waals surface area contributed by atoms with Crippen LogP contribution < -0.4 is 0 Å². The SMILES string of the molecule is CCc1ccccc1-n1c(C)cc(C=Nc2cc(C(=O)OC)ccc2C)c1C. The number of rotatable bonds is 5. The van der Waals surface area contributed by atoms with Crippen molar-refractivity contribution in [1.29, 1.82) is 0 Å². The van der Waals surface area contributed by atoms with Crippen LogP contribution >= 0.6 is 0 Å². The molecule has 28 heavy (non-hydrogen) atoms. The number of nitrogens with zero attached hydrogens (tertiary/aromatic N) is 2. The molecule has 0 saturated heterocycles. The number of ether oxygens (including phenoxy) is 1. The highest BCUT2D eigenvalue weighted by atomic mass is 16.5. The highest BCUT2D eigenvalue weighted by Gasteiger charge is 2.12. The van der Waals surface area contributed by atoms with E-state index >= 15 is 0 Å². The Bertz CT molecular complexity index is 1040. The van der Waals surface area contributed by atoms with Gasteiger partial charge in [-0.3, -0.25) is 4.99 Å². The van der Waals surface area contributed by atoms with Crippen LogP contribution in [0.3, 0.4) is 0 Å². The molecule has 0 N–H and O–H groups in total. The molecular weight excluding hydrogens is 348 g/mol. The zero-order chi connectivity index (χ0) is 20.3. The number of methoxy groups -OCH3 is 1. The topological polar surface area (TPSA) is 43.6 Å². The Hall–Kier alpha value is -3.14. The Morgan fingerprint density at radius 2 is 1.86 bits per heavy atom. The third-order valence-electron chi connectivity index (χ3n) is 5.06. The van der Waals surface area contributed by atoms with Crippen LogP contribution in [0.15, 0.2) is 53.5 Å². The maximum Gasteiger partial charge on any atom is 0.337 e. The van der Waals surface area contributed by atoms with Crippen molar-refractivity contribution in [2.24, 2.45) is 4.99 Å². The van der Waals surface area contributed by atoms with Gasteiger partial charge in [0.2, 0.25) is 0 Å². The molecule has 0 spiro atoms. The molecule has 0 aliphatic rings. The van der Waals surface area contributed by atoms with Crippen LogP contribution in [-0.4, -0.2) is 23.9 Å². The molecule has 3 aromatic rings. The lowest BCUT2D eigenvalue weighted by molar-refractivity contribution is 0.0601. The Kier molecular flexibility index (Phi) is 5.78. The van der Waals surface area contributed by atoms with Gasteiger partial charge in [-0.2, -0.15) is 0 Å². The number of carbonyl (C=O) groups excluding carboxylic acids is 1. The maximum absolute atomic E-state index is 11.8. The van der Waals surface area contributed by atoms with E-state index in [2.05, 4.69) is 60.7 Å². The van der Waals surface area contributed by atoms with Crippen LogP contribution in [0.2, 0.25) is 0 Å². The first-order valence-corrected chi connectivity index (χ1v) is 9.46. The van der Waals surface area contributed by atoms with Crippen LogP contribution in [0.5, 0.6) is 0 Å². The Morgan fingerprint density at radius 1 is 1.11 bits per heavy atom. The average Bonchev–Trinajstić information content (AvgIpc) is 2.99. The Labute approximate surface area is 166 Å². The highest BCUT2D eigenvalue weighted by Crippen LogP contribution is 2.25. The van der Waals surface area contributed by atoms with Gasteiger partial charge in [-0.05, 0) is 62.6 Å². The summed E-state index contributed by atoms with van der Waals surface area (Å²) in [6, 6.07) is 16.0. The van der Waals surface area contributed by atoms with E-state index in [1.54, 1.807) is 12.1 Å². The zero-order valence-electron chi connectivity index (χ0n) is 17.1. The monoisotopic (exact) mass is 374 g/mol. The molecule has 0 aliphatic carbocycles. The number of benzene rings is 2. The van der Waals surface area contributed by atoms with Gasteiger partial charge in [0.1, 0.15) is 0 Å². The molecule has 0 unspecified atom stereocenters. The molecule has 0 radical (unpaired) electrons. The van der Waals surface area contributed by atoms with Gasteiger partial charge in [0.25, 0.3) is 0 Å². The normalized spacial score (nSPS) is 11.2. The Balaban J connectivity index is 2.00. The van der Waals surface area contributed by atoms with Gasteiger partial charge in [0, 0.05) is 28.9 Å². The van der Waals surface area contributed by atoms with E-state index < -0.39 is 0 Å². The largest absolute Gasteiger partial charge is 0.465 e. The summed E-state index contributed by atoms with van der Waals surface area (Å²) in [5.74, 6) is -0.356. The third-order valence-corrected chi connectivity index (χ3v) is 5.06. The number of carbonyl (C=O) groups is 1. The second-order valence-corrected chi connectivity index (χ2v) is 6.90. The second-order valence-electron chi connectivity index (χ2n) is 6.90. The van der Waals surface area contributed by atoms with E-state index in [0.717, 1.165) is 28.9 Å². The lowest BCUT2D eigenvalue weighted by Crippen LogP contribution is -2.03. The molecule has 3 rings (SSSR count). The van der Waals surface area contributed by atoms with Crippen LogP contribution in [0.25, 0.3) is 5.69 Å². The predicted molar refractivity (Wildman–Crippen MR) is 114 cm³/mol. The Morgan fingerprint density at radius 3 is 2.57 bits per heavy atom. The van der Waals surface area contributed by atoms with E-state index in [1.807, 2.05) is 19.2 Å². The summed E-state index contributed by atoms with van der Waals surface area (Å²) in [4.78, 5) is 16.5. The summed E-state index contributed by atoms with van der Waals surface area (Å²) in [5.41, 5.74) is 8.17. The zero-order valence-corrected chi connectivity index (χ0v) is 17.1. The molecule has 0 bridgehead atoms. The molecule has 0 amide bonds. The molecule has 144 valence electrons. The maximum atomic E-state index is 11.8. The van der Waals surface area contributed by atoms with Gasteiger partial charge in [0.15, 0.2) is 0 Å². The first-order valence-electron chi connectivity index (χ1n) is 9.46. The summed E-state index contributed by atoms with van der Waals surface area (Å²) in [6.45, 7) is 8.37. The molecule has 0 fully saturated rings. The minimum atomic E-state index is -0.356. The van der Waals surface area contributed by atoms with Gasteiger partial charge in [-0.15, -0.1) is 0 Å². The summed E-state index contributed by atoms with van der Waals surface area (Å²) < 4.78 is 7.08. The standard InChI is InChI=1S/C24H26N2O2/c1-6-19-9-7-8-10-23(19)26-17(3)13-21(18(26)4)15-25-22-14-20(24(27)28-5)12-11-16(22)2/h7-15H,6H2,1-5H3. The van der Waals surface area contributed by atoms with Gasteiger partial charge in [0.05, 0.1) is 18.4 Å². The van der Waals surface area contributed by atoms with Crippen molar-refractivity contribution in [2.75, 3.05) is 7.11 Å². The molecule has 4 nitrogen and oxygen atoms in total. The summed E-state index contributed by atoms with van der Waals surface area (Å²) in [7, 11) is 1.38. The minimum absolute atomic E-state index is 0.356. The number of aryl methyl sites for hydroxylation is 3. The van der Waals surface area contributed by atoms with Gasteiger partial charge < -0.3 is 9.30 Å². The van der Waals surface area contributed by atoms with Crippen LogP contribution in [0.1, 0.15) is 45.4 Å². The first kappa shape index (κ1) is 19.6. The lowest BCUT2D eigenvalue weighted by Gasteiger charge is -2.13. The third kappa shape index (κ3) is 3.77. The van der Waals surface area contributed by atoms with E-state index in [9.17, 15) is 4.79 Å². The summed E-state index contributed by atoms with van der Waals surface area (Å²) in [5, 5.41) is 0. The summed E-state index contributed by atoms with van der Waals surface area (Å²) >= 11 is 0. The highest BCUT2D eigenvalue weighted by molar-refractivity contribution is 5.91. The fourth-order valence-corrected chi connectivity index (χ4v) is 3.45. The van der Waals surface area contributed by atoms with Crippen LogP contribution in [-0.2, 0) is 11.2 Å². The average molecular weight is 374 g/mol. The van der Waals surface area contributed by atoms with E-state index in [0.29, 0.717) is 5.56 Å². The van der Waals surface area contributed by atoms with Crippen molar-refractivity contribution in [3.8, 4) is 5.69 Å². The summed E-state index contributed by atoms with van der Waals surface area (Å²) in [6.07, 6.45) is 2.85. The van der Waals surface area contributed by atoms with Crippen LogP contribution in [0, 0.1) is 20.8 Å². The van der Waals surface area contributed by atoms with Crippen molar-refractivity contribution in [2.45, 2.75) is 34.1 Å². The van der Waals surface area contributed by atoms with Crippen LogP contribution in [0.4, 0.5) is 5.69 Å². The molecule has 0 atom stereocenters. The minimum Gasteiger partial charge on any atom is -0.465 e. The van der Waals surface area contributed by atoms with E-state index in [1.165, 1.54) is 24.1 Å². The molecule has 0 saturated carbocycles. The molecule has 1 heterocycles. The number of aromatic nitrogens is 1. The molecular formula is C24H26N2O2. The first-order chi connectivity index (χ1) is 13.5. The number of hydrogen-bond acceptors (Lipinski definition) is 3. The van der Waals surface area contributed by atoms with E-state index in [4.69, 9.17) is 4.74 Å². The number of aliphatic imine (C=N–C) groups is 1. The van der Waals surface area contributed by atoms with Crippen molar-refractivity contribution in [3.05, 3.63) is 82.2 Å². The molecule has 0 aliphatic heterocycles. The predicted octanol–water partition coefficient (Wildman–Crippen LogP) is 5.50. The quantitative estimate of drug-likeness (QED) is 0.437. The van der Waals surface area contributed by atoms with Gasteiger partial charge in [-0.25, -0.2) is 4.79 Å². The van der Waals surface area contributed by atoms with Gasteiger partial charge in [-0.1, -0.05) is 31.2 Å². The lowest BCUT2D eigenvalue weighted by atomic mass is 10.1. The van der Waals surface area contributed by atoms with Gasteiger partial charge >= 0.3 is 5.97 Å². The molecule has 1 aromatic heterocycles. The van der Waals surface area contributed by atoms with Crippen molar-refractivity contribution in [3.63, 3.8) is 0 Å². The fraction of sp³-hybridized carbons (Fsp3) is 0.250. The van der Waals surface area contributed by atoms with Crippen molar-refractivity contribution < 1.29 is 9.53 Å².